The summed E-state index contributed by atoms with van der Waals surface area (Å²) in [5, 5.41) is 0. The van der Waals surface area contributed by atoms with Gasteiger partial charge >= 0.3 is 11.9 Å². The van der Waals surface area contributed by atoms with Crippen molar-refractivity contribution >= 4 is 69.1 Å². The van der Waals surface area contributed by atoms with Gasteiger partial charge in [0.2, 0.25) is 5.90 Å². The molecule has 0 aliphatic carbocycles. The van der Waals surface area contributed by atoms with Crippen LogP contribution in [0.2, 0.25) is 0 Å². The molecule has 0 radical (unpaired) electrons. The van der Waals surface area contributed by atoms with Crippen LogP contribution in [0.5, 0.6) is 11.5 Å². The van der Waals surface area contributed by atoms with E-state index >= 15 is 0 Å². The van der Waals surface area contributed by atoms with Gasteiger partial charge in [0.25, 0.3) is 0 Å². The molecule has 0 spiro atoms. The number of benzene rings is 3. The third-order valence-corrected chi connectivity index (χ3v) is 6.07. The zero-order valence-electron chi connectivity index (χ0n) is 17.4. The second-order valence-electron chi connectivity index (χ2n) is 6.86. The molecule has 6 nitrogen and oxygen atoms in total. The Morgan fingerprint density at radius 3 is 2.48 bits per heavy atom. The highest BCUT2D eigenvalue weighted by Gasteiger charge is 2.25. The molecular weight excluding hydrogens is 648 g/mol. The first-order valence-corrected chi connectivity index (χ1v) is 12.1. The van der Waals surface area contributed by atoms with Crippen molar-refractivity contribution in [3.05, 3.63) is 96.3 Å². The predicted molar refractivity (Wildman–Crippen MR) is 141 cm³/mol. The Hall–Kier alpha value is -2.73. The van der Waals surface area contributed by atoms with E-state index in [1.807, 2.05) is 37.3 Å². The lowest BCUT2D eigenvalue weighted by Crippen LogP contribution is -2.10. The molecule has 0 amide bonds. The fraction of sp³-hybridized carbons (Fsp3) is 0.0800. The van der Waals surface area contributed by atoms with E-state index in [1.165, 1.54) is 0 Å². The Kier molecular flexibility index (Phi) is 7.43. The van der Waals surface area contributed by atoms with Crippen LogP contribution in [0.3, 0.4) is 0 Å². The minimum Gasteiger partial charge on any atom is -0.490 e. The van der Waals surface area contributed by atoms with Gasteiger partial charge in [-0.05, 0) is 112 Å². The number of hydrogen-bond donors (Lipinski definition) is 0. The van der Waals surface area contributed by atoms with Gasteiger partial charge in [0.1, 0.15) is 0 Å². The lowest BCUT2D eigenvalue weighted by Gasteiger charge is -2.13. The van der Waals surface area contributed by atoms with Gasteiger partial charge in [-0.1, -0.05) is 18.2 Å². The van der Waals surface area contributed by atoms with Crippen molar-refractivity contribution in [1.29, 1.82) is 0 Å². The smallest absolute Gasteiger partial charge is 0.363 e. The number of ether oxygens (including phenoxy) is 3. The van der Waals surface area contributed by atoms with Crippen LogP contribution in [0.4, 0.5) is 0 Å². The minimum atomic E-state index is -0.531. The largest absolute Gasteiger partial charge is 0.490 e. The van der Waals surface area contributed by atoms with Gasteiger partial charge in [0.15, 0.2) is 17.2 Å². The number of esters is 2. The summed E-state index contributed by atoms with van der Waals surface area (Å²) in [5.74, 6) is -0.0298. The molecule has 3 aromatic carbocycles. The molecule has 0 saturated carbocycles. The first-order valence-electron chi connectivity index (χ1n) is 9.96. The van der Waals surface area contributed by atoms with Gasteiger partial charge in [-0.2, -0.15) is 0 Å². The van der Waals surface area contributed by atoms with Crippen molar-refractivity contribution in [1.82, 2.24) is 0 Å². The molecule has 0 bridgehead atoms. The Morgan fingerprint density at radius 1 is 1.06 bits per heavy atom. The van der Waals surface area contributed by atoms with Crippen LogP contribution >= 0.6 is 45.2 Å². The first-order chi connectivity index (χ1) is 15.9. The Labute approximate surface area is 217 Å². The summed E-state index contributed by atoms with van der Waals surface area (Å²) in [4.78, 5) is 29.3. The van der Waals surface area contributed by atoms with Gasteiger partial charge in [-0.3, -0.25) is 0 Å². The summed E-state index contributed by atoms with van der Waals surface area (Å²) < 4.78 is 18.4. The molecule has 166 valence electrons. The Morgan fingerprint density at radius 2 is 1.79 bits per heavy atom. The lowest BCUT2D eigenvalue weighted by atomic mass is 10.1. The third kappa shape index (κ3) is 5.61. The van der Waals surface area contributed by atoms with E-state index in [2.05, 4.69) is 50.2 Å². The van der Waals surface area contributed by atoms with E-state index in [-0.39, 0.29) is 11.6 Å². The highest BCUT2D eigenvalue weighted by Crippen LogP contribution is 2.36. The van der Waals surface area contributed by atoms with Crippen molar-refractivity contribution < 1.29 is 23.8 Å². The summed E-state index contributed by atoms with van der Waals surface area (Å²) in [5.41, 5.74) is 2.01. The normalized spacial score (nSPS) is 14.1. The van der Waals surface area contributed by atoms with Crippen molar-refractivity contribution in [3.8, 4) is 11.5 Å². The predicted octanol–water partition coefficient (Wildman–Crippen LogP) is 5.86. The van der Waals surface area contributed by atoms with Crippen LogP contribution in [0, 0.1) is 7.14 Å². The number of hydrogen-bond acceptors (Lipinski definition) is 6. The maximum absolute atomic E-state index is 12.5. The summed E-state index contributed by atoms with van der Waals surface area (Å²) in [6.07, 6.45) is 1.62. The lowest BCUT2D eigenvalue weighted by molar-refractivity contribution is -0.129. The van der Waals surface area contributed by atoms with E-state index in [9.17, 15) is 9.59 Å². The second kappa shape index (κ2) is 10.5. The van der Waals surface area contributed by atoms with Crippen LogP contribution in [0.25, 0.3) is 6.08 Å². The maximum Gasteiger partial charge on any atom is 0.363 e. The van der Waals surface area contributed by atoms with E-state index in [1.54, 1.807) is 42.5 Å². The number of carbonyl (C=O) groups excluding carboxylic acids is 2. The summed E-state index contributed by atoms with van der Waals surface area (Å²) in [6, 6.07) is 19.8. The minimum absolute atomic E-state index is 0.177. The molecule has 0 aromatic heterocycles. The SMILES string of the molecule is CCOc1cc(/C=C2\N=C(c3ccc(I)cc3)OC2=O)cc(I)c1OC(=O)c1ccccc1. The average Bonchev–Trinajstić information content (AvgIpc) is 3.17. The van der Waals surface area contributed by atoms with Crippen molar-refractivity contribution in [2.75, 3.05) is 6.61 Å². The molecular formula is C25H17I2NO5. The van der Waals surface area contributed by atoms with Gasteiger partial charge in [0.05, 0.1) is 15.7 Å². The molecule has 1 aliphatic rings. The van der Waals surface area contributed by atoms with Crippen molar-refractivity contribution in [2.45, 2.75) is 6.92 Å². The topological polar surface area (TPSA) is 74.2 Å². The maximum atomic E-state index is 12.5. The second-order valence-corrected chi connectivity index (χ2v) is 9.27. The summed E-state index contributed by atoms with van der Waals surface area (Å²) >= 11 is 4.28. The van der Waals surface area contributed by atoms with Gasteiger partial charge in [-0.25, -0.2) is 14.6 Å². The fourth-order valence-electron chi connectivity index (χ4n) is 3.04. The molecule has 0 N–H and O–H groups in total. The molecule has 3 aromatic rings. The van der Waals surface area contributed by atoms with Gasteiger partial charge < -0.3 is 14.2 Å². The quantitative estimate of drug-likeness (QED) is 0.143. The van der Waals surface area contributed by atoms with E-state index < -0.39 is 11.9 Å². The molecule has 8 heteroatoms. The first kappa shape index (κ1) is 23.4. The number of carbonyl (C=O) groups is 2. The highest BCUT2D eigenvalue weighted by atomic mass is 127. The third-order valence-electron chi connectivity index (χ3n) is 4.55. The number of halogens is 2. The standard InChI is InChI=1S/C25H17I2NO5/c1-2-31-21-14-15(12-19(27)22(21)32-24(29)17-6-4-3-5-7-17)13-20-25(30)33-23(28-20)16-8-10-18(26)11-9-16/h3-14H,2H2,1H3/b20-13-. The molecule has 33 heavy (non-hydrogen) atoms. The molecule has 0 fully saturated rings. The number of nitrogens with zero attached hydrogens (tertiary/aromatic N) is 1. The highest BCUT2D eigenvalue weighted by molar-refractivity contribution is 14.1. The molecule has 0 atom stereocenters. The summed E-state index contributed by atoms with van der Waals surface area (Å²) in [6.45, 7) is 2.22. The van der Waals surface area contributed by atoms with E-state index in [0.717, 1.165) is 9.13 Å². The molecule has 1 heterocycles. The van der Waals surface area contributed by atoms with E-state index in [0.29, 0.717) is 32.8 Å². The monoisotopic (exact) mass is 665 g/mol. The van der Waals surface area contributed by atoms with Crippen LogP contribution < -0.4 is 9.47 Å². The number of rotatable bonds is 6. The van der Waals surface area contributed by atoms with Crippen LogP contribution in [-0.2, 0) is 9.53 Å². The zero-order chi connectivity index (χ0) is 23.4. The number of cyclic esters (lactones) is 1. The Balaban J connectivity index is 1.64. The molecule has 4 rings (SSSR count). The van der Waals surface area contributed by atoms with Crippen LogP contribution in [-0.4, -0.2) is 24.4 Å². The average molecular weight is 665 g/mol. The van der Waals surface area contributed by atoms with Crippen LogP contribution in [0.15, 0.2) is 77.4 Å². The molecule has 0 unspecified atom stereocenters. The van der Waals surface area contributed by atoms with Crippen LogP contribution in [0.1, 0.15) is 28.4 Å². The number of aliphatic imine (C=N–C) groups is 1. The Bertz CT molecular complexity index is 1270. The fourth-order valence-corrected chi connectivity index (χ4v) is 4.14. The van der Waals surface area contributed by atoms with Gasteiger partial charge in [0, 0.05) is 9.13 Å². The molecule has 1 aliphatic heterocycles. The van der Waals surface area contributed by atoms with Crippen molar-refractivity contribution in [3.63, 3.8) is 0 Å². The van der Waals surface area contributed by atoms with Gasteiger partial charge in [-0.15, -0.1) is 0 Å². The zero-order valence-corrected chi connectivity index (χ0v) is 21.7. The summed E-state index contributed by atoms with van der Waals surface area (Å²) in [7, 11) is 0. The molecule has 0 saturated heterocycles. The van der Waals surface area contributed by atoms with E-state index in [4.69, 9.17) is 14.2 Å². The van der Waals surface area contributed by atoms with Crippen molar-refractivity contribution in [2.24, 2.45) is 4.99 Å².